The van der Waals surface area contributed by atoms with Gasteiger partial charge in [-0.2, -0.15) is 0 Å². The first-order valence-electron chi connectivity index (χ1n) is 11.7. The van der Waals surface area contributed by atoms with E-state index in [0.29, 0.717) is 56.6 Å². The molecular formula is C29H24O9. The normalized spacial score (nSPS) is 16.7. The van der Waals surface area contributed by atoms with Crippen LogP contribution in [-0.2, 0) is 9.53 Å². The number of ether oxygens (including phenoxy) is 6. The van der Waals surface area contributed by atoms with Crippen LogP contribution in [0.4, 0.5) is 0 Å². The van der Waals surface area contributed by atoms with Gasteiger partial charge >= 0.3 is 11.9 Å². The first-order valence-corrected chi connectivity index (χ1v) is 11.7. The second-order valence-corrected chi connectivity index (χ2v) is 8.56. The second kappa shape index (κ2) is 9.93. The van der Waals surface area contributed by atoms with Crippen LogP contribution in [0.2, 0.25) is 0 Å². The van der Waals surface area contributed by atoms with Crippen molar-refractivity contribution < 1.29 is 42.8 Å². The van der Waals surface area contributed by atoms with Gasteiger partial charge in [0.1, 0.15) is 11.5 Å². The van der Waals surface area contributed by atoms with Crippen molar-refractivity contribution in [1.82, 2.24) is 0 Å². The van der Waals surface area contributed by atoms with Gasteiger partial charge in [0, 0.05) is 17.0 Å². The van der Waals surface area contributed by atoms with Gasteiger partial charge in [-0.25, -0.2) is 4.79 Å². The van der Waals surface area contributed by atoms with Crippen molar-refractivity contribution in [2.45, 2.75) is 12.3 Å². The Morgan fingerprint density at radius 1 is 0.868 bits per heavy atom. The van der Waals surface area contributed by atoms with Gasteiger partial charge < -0.3 is 28.4 Å². The Labute approximate surface area is 218 Å². The molecule has 0 aromatic heterocycles. The van der Waals surface area contributed by atoms with Crippen molar-refractivity contribution >= 4 is 23.8 Å². The fraction of sp³-hybridized carbons (Fsp3) is 0.207. The van der Waals surface area contributed by atoms with Crippen molar-refractivity contribution in [3.05, 3.63) is 82.1 Å². The minimum Gasteiger partial charge on any atom is -0.493 e. The fourth-order valence-electron chi connectivity index (χ4n) is 4.76. The SMILES string of the molecule is COC(=O)c1ccc(C=C2Oc3c(ccc4c3C(c3ccc(OC)c(OC)c3OC)CC(=O)O4)C2=O)cc1. The maximum Gasteiger partial charge on any atom is 0.337 e. The average Bonchev–Trinajstić information content (AvgIpc) is 3.26. The number of allylic oxidation sites excluding steroid dienone is 1. The number of carbonyl (C=O) groups excluding carboxylic acids is 3. The number of fused-ring (bicyclic) bond motifs is 3. The maximum absolute atomic E-state index is 13.3. The number of hydrogen-bond donors (Lipinski definition) is 0. The molecule has 1 unspecified atom stereocenters. The topological polar surface area (TPSA) is 107 Å². The average molecular weight is 517 g/mol. The summed E-state index contributed by atoms with van der Waals surface area (Å²) < 4.78 is 33.0. The molecule has 38 heavy (non-hydrogen) atoms. The molecule has 0 aliphatic carbocycles. The zero-order valence-corrected chi connectivity index (χ0v) is 21.2. The van der Waals surface area contributed by atoms with Crippen molar-refractivity contribution in [1.29, 1.82) is 0 Å². The highest BCUT2D eigenvalue weighted by atomic mass is 16.5. The minimum absolute atomic E-state index is 0.000878. The Balaban J connectivity index is 1.59. The quantitative estimate of drug-likeness (QED) is 0.265. The van der Waals surface area contributed by atoms with Gasteiger partial charge in [-0.3, -0.25) is 9.59 Å². The Kier molecular flexibility index (Phi) is 6.50. The first-order chi connectivity index (χ1) is 18.4. The molecule has 0 saturated heterocycles. The summed E-state index contributed by atoms with van der Waals surface area (Å²) in [5.74, 6) is 0.255. The van der Waals surface area contributed by atoms with Gasteiger partial charge in [-0.15, -0.1) is 0 Å². The van der Waals surface area contributed by atoms with E-state index >= 15 is 0 Å². The fourth-order valence-corrected chi connectivity index (χ4v) is 4.76. The van der Waals surface area contributed by atoms with Crippen LogP contribution in [0.25, 0.3) is 6.08 Å². The van der Waals surface area contributed by atoms with E-state index in [2.05, 4.69) is 0 Å². The third kappa shape index (κ3) is 4.11. The van der Waals surface area contributed by atoms with Crippen molar-refractivity contribution in [3.63, 3.8) is 0 Å². The number of methoxy groups -OCH3 is 4. The molecule has 194 valence electrons. The molecule has 0 saturated carbocycles. The van der Waals surface area contributed by atoms with E-state index in [1.807, 2.05) is 0 Å². The summed E-state index contributed by atoms with van der Waals surface area (Å²) >= 11 is 0. The molecule has 2 aliphatic rings. The molecule has 3 aromatic rings. The molecule has 9 nitrogen and oxygen atoms in total. The number of carbonyl (C=O) groups is 3. The van der Waals surface area contributed by atoms with Crippen molar-refractivity contribution in [2.24, 2.45) is 0 Å². The second-order valence-electron chi connectivity index (χ2n) is 8.56. The Hall–Kier alpha value is -4.79. The molecule has 0 amide bonds. The van der Waals surface area contributed by atoms with Crippen LogP contribution in [0, 0.1) is 0 Å². The molecule has 2 heterocycles. The molecule has 0 radical (unpaired) electrons. The van der Waals surface area contributed by atoms with Crippen LogP contribution >= 0.6 is 0 Å². The molecule has 0 fully saturated rings. The summed E-state index contributed by atoms with van der Waals surface area (Å²) in [5.41, 5.74) is 2.61. The summed E-state index contributed by atoms with van der Waals surface area (Å²) in [6.07, 6.45) is 1.59. The summed E-state index contributed by atoms with van der Waals surface area (Å²) in [7, 11) is 5.84. The summed E-state index contributed by atoms with van der Waals surface area (Å²) in [6, 6.07) is 13.3. The third-order valence-corrected chi connectivity index (χ3v) is 6.52. The largest absolute Gasteiger partial charge is 0.493 e. The molecular weight excluding hydrogens is 492 g/mol. The van der Waals surface area contributed by atoms with Crippen LogP contribution in [0.1, 0.15) is 49.7 Å². The van der Waals surface area contributed by atoms with E-state index in [4.69, 9.17) is 28.4 Å². The molecule has 2 aliphatic heterocycles. The van der Waals surface area contributed by atoms with E-state index in [9.17, 15) is 14.4 Å². The highest BCUT2D eigenvalue weighted by Crippen LogP contribution is 2.53. The summed E-state index contributed by atoms with van der Waals surface area (Å²) in [4.78, 5) is 37.6. The molecule has 0 bridgehead atoms. The summed E-state index contributed by atoms with van der Waals surface area (Å²) in [6.45, 7) is 0. The van der Waals surface area contributed by atoms with E-state index in [1.165, 1.54) is 28.4 Å². The van der Waals surface area contributed by atoms with Crippen LogP contribution in [-0.4, -0.2) is 46.2 Å². The van der Waals surface area contributed by atoms with Gasteiger partial charge in [-0.1, -0.05) is 18.2 Å². The Morgan fingerprint density at radius 3 is 2.26 bits per heavy atom. The van der Waals surface area contributed by atoms with Gasteiger partial charge in [0.25, 0.3) is 0 Å². The molecule has 0 spiro atoms. The highest BCUT2D eigenvalue weighted by Gasteiger charge is 2.40. The number of esters is 2. The van der Waals surface area contributed by atoms with E-state index in [1.54, 1.807) is 54.6 Å². The van der Waals surface area contributed by atoms with E-state index < -0.39 is 17.9 Å². The number of rotatable bonds is 6. The molecule has 0 N–H and O–H groups in total. The van der Waals surface area contributed by atoms with Crippen LogP contribution < -0.4 is 23.7 Å². The maximum atomic E-state index is 13.3. The van der Waals surface area contributed by atoms with Crippen LogP contribution in [0.5, 0.6) is 28.7 Å². The molecule has 1 atom stereocenters. The van der Waals surface area contributed by atoms with Crippen LogP contribution in [0.15, 0.2) is 54.3 Å². The lowest BCUT2D eigenvalue weighted by molar-refractivity contribution is -0.135. The van der Waals surface area contributed by atoms with E-state index in [0.717, 1.165) is 0 Å². The Morgan fingerprint density at radius 2 is 1.61 bits per heavy atom. The van der Waals surface area contributed by atoms with Crippen LogP contribution in [0.3, 0.4) is 0 Å². The van der Waals surface area contributed by atoms with Gasteiger partial charge in [0.15, 0.2) is 17.3 Å². The van der Waals surface area contributed by atoms with Gasteiger partial charge in [0.05, 0.1) is 46.0 Å². The zero-order valence-electron chi connectivity index (χ0n) is 21.2. The first kappa shape index (κ1) is 24.9. The lowest BCUT2D eigenvalue weighted by atomic mass is 9.84. The standard InChI is InChI=1S/C29H24O9/c1-33-21-12-9-17(27(34-2)28(21)35-3)19-14-23(30)37-20-11-10-18-25(31)22(38-26(18)24(19)20)13-15-5-7-16(8-6-15)29(32)36-4/h5-13,19H,14H2,1-4H3. The van der Waals surface area contributed by atoms with Crippen molar-refractivity contribution in [2.75, 3.05) is 28.4 Å². The van der Waals surface area contributed by atoms with E-state index in [-0.39, 0.29) is 18.0 Å². The molecule has 5 rings (SSSR count). The lowest BCUT2D eigenvalue weighted by Gasteiger charge is -2.28. The number of benzene rings is 3. The monoisotopic (exact) mass is 516 g/mol. The lowest BCUT2D eigenvalue weighted by Crippen LogP contribution is -2.22. The predicted molar refractivity (Wildman–Crippen MR) is 135 cm³/mol. The molecule has 3 aromatic carbocycles. The Bertz CT molecular complexity index is 1480. The smallest absolute Gasteiger partial charge is 0.337 e. The van der Waals surface area contributed by atoms with Gasteiger partial charge in [-0.05, 0) is 42.0 Å². The molecule has 9 heteroatoms. The highest BCUT2D eigenvalue weighted by molar-refractivity contribution is 6.15. The number of hydrogen-bond acceptors (Lipinski definition) is 9. The van der Waals surface area contributed by atoms with Gasteiger partial charge in [0.2, 0.25) is 11.5 Å². The predicted octanol–water partition coefficient (Wildman–Crippen LogP) is 4.56. The van der Waals surface area contributed by atoms with Crippen molar-refractivity contribution in [3.8, 4) is 28.7 Å². The zero-order chi connectivity index (χ0) is 27.0. The minimum atomic E-state index is -0.539. The third-order valence-electron chi connectivity index (χ3n) is 6.52. The summed E-state index contributed by atoms with van der Waals surface area (Å²) in [5, 5.41) is 0. The number of Topliss-reactive ketones (excluding diaryl/α,β-unsaturated/α-hetero) is 1. The number of ketones is 1.